The molecule has 24 heavy (non-hydrogen) atoms. The number of para-hydroxylation sites is 1. The third-order valence-electron chi connectivity index (χ3n) is 6.75. The highest BCUT2D eigenvalue weighted by Crippen LogP contribution is 2.48. The minimum Gasteiger partial charge on any atom is -0.371 e. The number of benzene rings is 1. The summed E-state index contributed by atoms with van der Waals surface area (Å²) < 4.78 is 0. The molecule has 1 aliphatic heterocycles. The summed E-state index contributed by atoms with van der Waals surface area (Å²) in [5.74, 6) is 1.61. The summed E-state index contributed by atoms with van der Waals surface area (Å²) in [6, 6.07) is 11.2. The van der Waals surface area contributed by atoms with Crippen molar-refractivity contribution in [2.24, 2.45) is 23.5 Å². The lowest BCUT2D eigenvalue weighted by molar-refractivity contribution is -0.138. The molecule has 1 aromatic rings. The predicted octanol–water partition coefficient (Wildman–Crippen LogP) is 2.49. The highest BCUT2D eigenvalue weighted by Gasteiger charge is 2.50. The molecule has 130 valence electrons. The first-order valence-corrected chi connectivity index (χ1v) is 9.47. The molecule has 2 N–H and O–H groups in total. The fourth-order valence-electron chi connectivity index (χ4n) is 5.26. The van der Waals surface area contributed by atoms with Crippen LogP contribution >= 0.6 is 0 Å². The number of nitrogens with zero attached hydrogens (tertiary/aromatic N) is 2. The number of nitrogens with two attached hydrogens (primary N) is 1. The zero-order valence-electron chi connectivity index (χ0n) is 14.6. The summed E-state index contributed by atoms with van der Waals surface area (Å²) in [4.78, 5) is 17.4. The maximum Gasteiger partial charge on any atom is 0.227 e. The Kier molecular flexibility index (Phi) is 4.25. The molecule has 1 aromatic carbocycles. The van der Waals surface area contributed by atoms with Crippen LogP contribution in [0, 0.1) is 17.8 Å². The van der Waals surface area contributed by atoms with Gasteiger partial charge < -0.3 is 15.5 Å². The number of piperidine rings is 1. The largest absolute Gasteiger partial charge is 0.371 e. The second-order valence-corrected chi connectivity index (χ2v) is 7.94. The second-order valence-electron chi connectivity index (χ2n) is 7.94. The molecule has 4 nitrogen and oxygen atoms in total. The molecule has 0 aromatic heterocycles. The average molecular weight is 327 g/mol. The van der Waals surface area contributed by atoms with Crippen molar-refractivity contribution in [3.05, 3.63) is 30.3 Å². The van der Waals surface area contributed by atoms with E-state index in [1.807, 2.05) is 0 Å². The third-order valence-corrected chi connectivity index (χ3v) is 6.75. The lowest BCUT2D eigenvalue weighted by atomic mass is 9.83. The Morgan fingerprint density at radius 1 is 1.08 bits per heavy atom. The van der Waals surface area contributed by atoms with Crippen molar-refractivity contribution < 1.29 is 4.79 Å². The summed E-state index contributed by atoms with van der Waals surface area (Å²) in [5.41, 5.74) is 7.63. The van der Waals surface area contributed by atoms with Gasteiger partial charge in [0.15, 0.2) is 0 Å². The van der Waals surface area contributed by atoms with Crippen LogP contribution in [0.5, 0.6) is 0 Å². The molecule has 0 spiro atoms. The highest BCUT2D eigenvalue weighted by atomic mass is 16.2. The van der Waals surface area contributed by atoms with E-state index in [-0.39, 0.29) is 12.0 Å². The van der Waals surface area contributed by atoms with Gasteiger partial charge in [0.2, 0.25) is 5.91 Å². The molecule has 4 rings (SSSR count). The van der Waals surface area contributed by atoms with E-state index in [2.05, 4.69) is 47.2 Å². The van der Waals surface area contributed by atoms with E-state index in [0.29, 0.717) is 23.8 Å². The number of carbonyl (C=O) groups is 1. The van der Waals surface area contributed by atoms with Crippen LogP contribution < -0.4 is 10.6 Å². The molecule has 2 aliphatic carbocycles. The Morgan fingerprint density at radius 2 is 1.75 bits per heavy atom. The molecule has 1 heterocycles. The van der Waals surface area contributed by atoms with E-state index < -0.39 is 0 Å². The summed E-state index contributed by atoms with van der Waals surface area (Å²) in [6.45, 7) is 1.75. The van der Waals surface area contributed by atoms with Gasteiger partial charge in [-0.05, 0) is 56.1 Å². The van der Waals surface area contributed by atoms with Crippen molar-refractivity contribution in [2.75, 3.05) is 25.0 Å². The van der Waals surface area contributed by atoms with Crippen LogP contribution in [0.2, 0.25) is 0 Å². The quantitative estimate of drug-likeness (QED) is 0.928. The molecule has 4 unspecified atom stereocenters. The summed E-state index contributed by atoms with van der Waals surface area (Å²) in [5, 5.41) is 0. The van der Waals surface area contributed by atoms with Gasteiger partial charge in [-0.2, -0.15) is 0 Å². The van der Waals surface area contributed by atoms with Crippen molar-refractivity contribution in [3.63, 3.8) is 0 Å². The van der Waals surface area contributed by atoms with E-state index >= 15 is 0 Å². The Hall–Kier alpha value is -1.55. The Morgan fingerprint density at radius 3 is 2.38 bits per heavy atom. The number of rotatable bonds is 3. The number of anilines is 1. The lowest BCUT2D eigenvalue weighted by Gasteiger charge is -2.40. The molecule has 1 amide bonds. The molecule has 4 heteroatoms. The Labute approximate surface area is 145 Å². The van der Waals surface area contributed by atoms with Gasteiger partial charge in [-0.1, -0.05) is 18.2 Å². The lowest BCUT2D eigenvalue weighted by Crippen LogP contribution is -2.51. The van der Waals surface area contributed by atoms with Gasteiger partial charge in [0, 0.05) is 37.9 Å². The number of amides is 1. The average Bonchev–Trinajstić information content (AvgIpc) is 3.23. The fourth-order valence-corrected chi connectivity index (χ4v) is 5.26. The smallest absolute Gasteiger partial charge is 0.227 e. The predicted molar refractivity (Wildman–Crippen MR) is 96.7 cm³/mol. The van der Waals surface area contributed by atoms with Gasteiger partial charge in [-0.15, -0.1) is 0 Å². The van der Waals surface area contributed by atoms with E-state index in [0.717, 1.165) is 25.9 Å². The first-order valence-electron chi connectivity index (χ1n) is 9.47. The number of likely N-dealkylation sites (tertiary alicyclic amines) is 1. The highest BCUT2D eigenvalue weighted by molar-refractivity contribution is 5.80. The zero-order chi connectivity index (χ0) is 16.7. The van der Waals surface area contributed by atoms with Gasteiger partial charge in [-0.25, -0.2) is 0 Å². The molecule has 4 atom stereocenters. The maximum atomic E-state index is 13.0. The number of carbonyl (C=O) groups excluding carboxylic acids is 1. The van der Waals surface area contributed by atoms with Crippen LogP contribution in [0.4, 0.5) is 5.69 Å². The van der Waals surface area contributed by atoms with Gasteiger partial charge >= 0.3 is 0 Å². The van der Waals surface area contributed by atoms with E-state index in [1.165, 1.54) is 24.9 Å². The first kappa shape index (κ1) is 15.9. The first-order chi connectivity index (χ1) is 11.6. The van der Waals surface area contributed by atoms with Crippen LogP contribution in [0.15, 0.2) is 30.3 Å². The van der Waals surface area contributed by atoms with Gasteiger partial charge in [0.1, 0.15) is 0 Å². The summed E-state index contributed by atoms with van der Waals surface area (Å²) in [7, 11) is 2.17. The summed E-state index contributed by atoms with van der Waals surface area (Å²) in [6.07, 6.45) is 5.73. The second kappa shape index (κ2) is 6.40. The van der Waals surface area contributed by atoms with Crippen LogP contribution in [0.25, 0.3) is 0 Å². The fraction of sp³-hybridized carbons (Fsp3) is 0.650. The van der Waals surface area contributed by atoms with Crippen molar-refractivity contribution in [3.8, 4) is 0 Å². The topological polar surface area (TPSA) is 49.6 Å². The molecule has 2 bridgehead atoms. The minimum absolute atomic E-state index is 0.104. The van der Waals surface area contributed by atoms with Gasteiger partial charge in [0.25, 0.3) is 0 Å². The molecule has 3 aliphatic rings. The molecular weight excluding hydrogens is 298 g/mol. The van der Waals surface area contributed by atoms with Crippen molar-refractivity contribution in [1.29, 1.82) is 0 Å². The molecule has 1 saturated heterocycles. The number of hydrogen-bond donors (Lipinski definition) is 1. The van der Waals surface area contributed by atoms with Crippen molar-refractivity contribution >= 4 is 11.6 Å². The maximum absolute atomic E-state index is 13.0. The molecule has 0 radical (unpaired) electrons. The van der Waals surface area contributed by atoms with Gasteiger partial charge in [-0.3, -0.25) is 4.79 Å². The number of fused-ring (bicyclic) bond motifs is 2. The molecule has 3 fully saturated rings. The van der Waals surface area contributed by atoms with E-state index in [1.54, 1.807) is 0 Å². The van der Waals surface area contributed by atoms with Crippen LogP contribution in [0.3, 0.4) is 0 Å². The third kappa shape index (κ3) is 2.71. The van der Waals surface area contributed by atoms with Crippen molar-refractivity contribution in [2.45, 2.75) is 44.2 Å². The van der Waals surface area contributed by atoms with Crippen LogP contribution in [-0.2, 0) is 4.79 Å². The SMILES string of the molecule is CN(c1ccccc1)C1CCN(C(=O)C2C3CCC(C3)C2N)CC1. The summed E-state index contributed by atoms with van der Waals surface area (Å²) >= 11 is 0. The Bertz CT molecular complexity index is 580. The van der Waals surface area contributed by atoms with E-state index in [9.17, 15) is 4.79 Å². The minimum atomic E-state index is 0.104. The van der Waals surface area contributed by atoms with Crippen LogP contribution in [0.1, 0.15) is 32.1 Å². The molecular formula is C20H29N3O. The zero-order valence-corrected chi connectivity index (χ0v) is 14.6. The van der Waals surface area contributed by atoms with E-state index in [4.69, 9.17) is 5.73 Å². The van der Waals surface area contributed by atoms with Crippen molar-refractivity contribution in [1.82, 2.24) is 4.90 Å². The number of hydrogen-bond acceptors (Lipinski definition) is 3. The standard InChI is InChI=1S/C20H29N3O/c1-22(16-5-3-2-4-6-16)17-9-11-23(12-10-17)20(24)18-14-7-8-15(13-14)19(18)21/h2-6,14-15,17-19H,7-13,21H2,1H3. The van der Waals surface area contributed by atoms with Crippen LogP contribution in [-0.4, -0.2) is 43.0 Å². The Balaban J connectivity index is 1.35. The normalized spacial score (nSPS) is 33.0. The molecule has 2 saturated carbocycles. The van der Waals surface area contributed by atoms with Gasteiger partial charge in [0.05, 0.1) is 5.92 Å². The monoisotopic (exact) mass is 327 g/mol.